The molecule has 0 radical (unpaired) electrons. The summed E-state index contributed by atoms with van der Waals surface area (Å²) in [6.45, 7) is 2.82. The van der Waals surface area contributed by atoms with Gasteiger partial charge in [0.05, 0.1) is 30.5 Å². The maximum absolute atomic E-state index is 13.8. The van der Waals surface area contributed by atoms with E-state index >= 15 is 0 Å². The number of aliphatic hydroxyl groups excluding tert-OH is 1. The van der Waals surface area contributed by atoms with Crippen molar-refractivity contribution in [1.82, 2.24) is 15.0 Å². The summed E-state index contributed by atoms with van der Waals surface area (Å²) in [4.78, 5) is 15.5. The third-order valence-corrected chi connectivity index (χ3v) is 8.78. The van der Waals surface area contributed by atoms with Crippen molar-refractivity contribution in [2.24, 2.45) is 5.92 Å². The van der Waals surface area contributed by atoms with E-state index in [0.717, 1.165) is 29.6 Å². The standard InChI is InChI=1S/C31H30I2N4O3/c1-21(7-5-6-16-36-19-28(34-35-36)26(20-38)23-8-3-2-4-9-23)31(40)27-17-25(33)14-15-29(27)37(30(31)39)18-22-10-12-24(32)13-11-22/h2-5,7-15,17,19,21,26,38,40H,6,16,18,20H2,1H3/b7-5+/t21-,26?,31+/m1/s1. The minimum absolute atomic E-state index is 0.0479. The number of aromatic nitrogens is 3. The molecule has 2 heterocycles. The van der Waals surface area contributed by atoms with Gasteiger partial charge in [0.2, 0.25) is 0 Å². The first-order valence-corrected chi connectivity index (χ1v) is 15.3. The molecule has 206 valence electrons. The number of carbonyl (C=O) groups is 1. The van der Waals surface area contributed by atoms with Crippen molar-refractivity contribution in [3.05, 3.63) is 121 Å². The number of rotatable bonds is 10. The van der Waals surface area contributed by atoms with E-state index < -0.39 is 11.5 Å². The Balaban J connectivity index is 1.28. The topological polar surface area (TPSA) is 91.5 Å². The number of fused-ring (bicyclic) bond motifs is 1. The lowest BCUT2D eigenvalue weighted by atomic mass is 9.83. The molecule has 1 aliphatic heterocycles. The van der Waals surface area contributed by atoms with E-state index in [1.54, 1.807) is 9.58 Å². The molecule has 0 spiro atoms. The zero-order valence-corrected chi connectivity index (χ0v) is 26.3. The fraction of sp³-hybridized carbons (Fsp3) is 0.258. The first kappa shape index (κ1) is 28.9. The lowest BCUT2D eigenvalue weighted by Crippen LogP contribution is -2.44. The van der Waals surface area contributed by atoms with Gasteiger partial charge in [-0.05, 0) is 93.1 Å². The van der Waals surface area contributed by atoms with Crippen LogP contribution in [0.2, 0.25) is 0 Å². The fourth-order valence-electron chi connectivity index (χ4n) is 5.13. The highest BCUT2D eigenvalue weighted by Gasteiger charge is 2.52. The lowest BCUT2D eigenvalue weighted by molar-refractivity contribution is -0.139. The van der Waals surface area contributed by atoms with E-state index in [2.05, 4.69) is 55.5 Å². The number of aliphatic hydroxyl groups is 2. The highest BCUT2D eigenvalue weighted by atomic mass is 127. The van der Waals surface area contributed by atoms with Gasteiger partial charge in [0.15, 0.2) is 5.60 Å². The first-order chi connectivity index (χ1) is 19.3. The molecule has 0 fully saturated rings. The smallest absolute Gasteiger partial charge is 0.264 e. The normalized spacial score (nSPS) is 18.3. The van der Waals surface area contributed by atoms with Crippen LogP contribution in [-0.2, 0) is 23.5 Å². The number of amides is 1. The minimum atomic E-state index is -1.65. The molecular weight excluding hydrogens is 730 g/mol. The molecule has 1 aliphatic rings. The Labute approximate surface area is 261 Å². The van der Waals surface area contributed by atoms with Crippen LogP contribution in [0.4, 0.5) is 5.69 Å². The molecule has 40 heavy (non-hydrogen) atoms. The lowest BCUT2D eigenvalue weighted by Gasteiger charge is -2.27. The van der Waals surface area contributed by atoms with E-state index in [1.807, 2.05) is 98.1 Å². The second-order valence-corrected chi connectivity index (χ2v) is 12.5. The van der Waals surface area contributed by atoms with E-state index in [4.69, 9.17) is 0 Å². The Morgan fingerprint density at radius 1 is 1.02 bits per heavy atom. The van der Waals surface area contributed by atoms with Crippen LogP contribution in [0, 0.1) is 13.1 Å². The van der Waals surface area contributed by atoms with Crippen LogP contribution in [0.25, 0.3) is 0 Å². The molecule has 1 aromatic heterocycles. The van der Waals surface area contributed by atoms with Crippen LogP contribution in [0.1, 0.15) is 41.6 Å². The van der Waals surface area contributed by atoms with Crippen molar-refractivity contribution >= 4 is 56.8 Å². The fourth-order valence-corrected chi connectivity index (χ4v) is 5.98. The Hall–Kier alpha value is -2.61. The summed E-state index contributed by atoms with van der Waals surface area (Å²) in [6, 6.07) is 23.6. The largest absolute Gasteiger partial charge is 0.395 e. The molecule has 2 N–H and O–H groups in total. The van der Waals surface area contributed by atoms with Gasteiger partial charge in [-0.1, -0.05) is 66.8 Å². The molecule has 0 saturated heterocycles. The first-order valence-electron chi connectivity index (χ1n) is 13.1. The molecule has 3 aromatic carbocycles. The van der Waals surface area contributed by atoms with Gasteiger partial charge < -0.3 is 15.1 Å². The number of anilines is 1. The van der Waals surface area contributed by atoms with Crippen molar-refractivity contribution in [3.63, 3.8) is 0 Å². The molecule has 0 bridgehead atoms. The van der Waals surface area contributed by atoms with Crippen LogP contribution in [0.3, 0.4) is 0 Å². The molecule has 0 saturated carbocycles. The van der Waals surface area contributed by atoms with Crippen molar-refractivity contribution in [2.45, 2.75) is 38.0 Å². The number of hydrogen-bond acceptors (Lipinski definition) is 5. The summed E-state index contributed by atoms with van der Waals surface area (Å²) in [5.74, 6) is -0.975. The number of benzene rings is 3. The van der Waals surface area contributed by atoms with Gasteiger partial charge in [-0.25, -0.2) is 0 Å². The Bertz CT molecular complexity index is 1510. The Morgan fingerprint density at radius 2 is 1.75 bits per heavy atom. The SMILES string of the molecule is C[C@H](/C=C/CCn1cc(C(CO)c2ccccc2)nn1)[C@@]1(O)C(=O)N(Cc2ccc(I)cc2)c2ccc(I)cc21. The van der Waals surface area contributed by atoms with E-state index in [9.17, 15) is 15.0 Å². The van der Waals surface area contributed by atoms with E-state index in [0.29, 0.717) is 25.1 Å². The van der Waals surface area contributed by atoms with Crippen LogP contribution < -0.4 is 4.90 Å². The summed E-state index contributed by atoms with van der Waals surface area (Å²) in [5.41, 5.74) is 2.46. The second kappa shape index (κ2) is 12.5. The van der Waals surface area contributed by atoms with Crippen molar-refractivity contribution in [3.8, 4) is 0 Å². The zero-order valence-electron chi connectivity index (χ0n) is 22.0. The molecule has 4 aromatic rings. The molecule has 5 rings (SSSR count). The third kappa shape index (κ3) is 5.88. The predicted molar refractivity (Wildman–Crippen MR) is 172 cm³/mol. The van der Waals surface area contributed by atoms with E-state index in [-0.39, 0.29) is 18.4 Å². The number of aryl methyl sites for hydroxylation is 1. The van der Waals surface area contributed by atoms with E-state index in [1.165, 1.54) is 0 Å². The molecule has 7 nitrogen and oxygen atoms in total. The highest BCUT2D eigenvalue weighted by molar-refractivity contribution is 14.1. The van der Waals surface area contributed by atoms with Crippen LogP contribution in [0.5, 0.6) is 0 Å². The maximum Gasteiger partial charge on any atom is 0.264 e. The van der Waals surface area contributed by atoms with Crippen LogP contribution in [-0.4, -0.2) is 37.7 Å². The average molecular weight is 760 g/mol. The van der Waals surface area contributed by atoms with Crippen molar-refractivity contribution in [2.75, 3.05) is 11.5 Å². The molecule has 0 aliphatic carbocycles. The van der Waals surface area contributed by atoms with Gasteiger partial charge >= 0.3 is 0 Å². The summed E-state index contributed by atoms with van der Waals surface area (Å²) in [5, 5.41) is 30.4. The minimum Gasteiger partial charge on any atom is -0.395 e. The third-order valence-electron chi connectivity index (χ3n) is 7.39. The number of nitrogens with zero attached hydrogens (tertiary/aromatic N) is 4. The monoisotopic (exact) mass is 760 g/mol. The Kier molecular flexibility index (Phi) is 9.03. The highest BCUT2D eigenvalue weighted by Crippen LogP contribution is 2.46. The summed E-state index contributed by atoms with van der Waals surface area (Å²) in [7, 11) is 0. The molecular formula is C31H30I2N4O3. The molecule has 9 heteroatoms. The number of allylic oxidation sites excluding steroid dienone is 1. The van der Waals surface area contributed by atoms with Gasteiger partial charge in [0, 0.05) is 31.4 Å². The quantitative estimate of drug-likeness (QED) is 0.162. The van der Waals surface area contributed by atoms with Gasteiger partial charge in [0.1, 0.15) is 0 Å². The van der Waals surface area contributed by atoms with Gasteiger partial charge in [-0.3, -0.25) is 9.48 Å². The molecule has 3 atom stereocenters. The number of halogens is 2. The molecule has 1 amide bonds. The number of carbonyl (C=O) groups excluding carboxylic acids is 1. The van der Waals surface area contributed by atoms with Crippen molar-refractivity contribution < 1.29 is 15.0 Å². The van der Waals surface area contributed by atoms with Gasteiger partial charge in [-0.15, -0.1) is 5.10 Å². The van der Waals surface area contributed by atoms with Crippen LogP contribution >= 0.6 is 45.2 Å². The van der Waals surface area contributed by atoms with Crippen LogP contribution in [0.15, 0.2) is 91.1 Å². The van der Waals surface area contributed by atoms with Crippen molar-refractivity contribution in [1.29, 1.82) is 0 Å². The predicted octanol–water partition coefficient (Wildman–Crippen LogP) is 5.63. The zero-order chi connectivity index (χ0) is 28.3. The molecule has 1 unspecified atom stereocenters. The second-order valence-electron chi connectivity index (χ2n) is 10.0. The summed E-state index contributed by atoms with van der Waals surface area (Å²) >= 11 is 4.48. The number of hydrogen-bond donors (Lipinski definition) is 2. The maximum atomic E-state index is 13.8. The summed E-state index contributed by atoms with van der Waals surface area (Å²) < 4.78 is 3.85. The summed E-state index contributed by atoms with van der Waals surface area (Å²) in [6.07, 6.45) is 6.40. The van der Waals surface area contributed by atoms with Gasteiger partial charge in [0.25, 0.3) is 5.91 Å². The average Bonchev–Trinajstić information content (AvgIpc) is 3.51. The van der Waals surface area contributed by atoms with Gasteiger partial charge in [-0.2, -0.15) is 0 Å². The Morgan fingerprint density at radius 3 is 2.48 bits per heavy atom.